The molecule has 7 aromatic rings. The van der Waals surface area contributed by atoms with E-state index in [1.165, 1.54) is 56.7 Å². The van der Waals surface area contributed by atoms with Gasteiger partial charge >= 0.3 is 0 Å². The van der Waals surface area contributed by atoms with Gasteiger partial charge in [-0.3, -0.25) is 18.4 Å². The summed E-state index contributed by atoms with van der Waals surface area (Å²) in [6.07, 6.45) is 10.3. The Bertz CT molecular complexity index is 2560. The number of unbranched alkanes of at least 4 members (excludes halogenated alkanes) is 1. The van der Waals surface area contributed by atoms with Crippen molar-refractivity contribution in [3.63, 3.8) is 0 Å². The summed E-state index contributed by atoms with van der Waals surface area (Å²) in [7, 11) is 0. The van der Waals surface area contributed by atoms with E-state index < -0.39 is 0 Å². The summed E-state index contributed by atoms with van der Waals surface area (Å²) in [6, 6.07) is 46.5. The normalized spacial score (nSPS) is 11.3. The molecule has 2 heterocycles. The second kappa shape index (κ2) is 28.7. The van der Waals surface area contributed by atoms with Crippen LogP contribution in [0.5, 0.6) is 5.75 Å². The Morgan fingerprint density at radius 3 is 1.52 bits per heavy atom. The molecule has 0 saturated heterocycles. The Hall–Kier alpha value is -6.22. The fourth-order valence-electron chi connectivity index (χ4n) is 6.55. The summed E-state index contributed by atoms with van der Waals surface area (Å²) in [6.45, 7) is 7.81. The van der Waals surface area contributed by atoms with Crippen LogP contribution < -0.4 is 4.74 Å². The van der Waals surface area contributed by atoms with E-state index in [2.05, 4.69) is 35.9 Å². The molecule has 67 heavy (non-hydrogen) atoms. The zero-order valence-electron chi connectivity index (χ0n) is 37.6. The quantitative estimate of drug-likeness (QED) is 0.0598. The van der Waals surface area contributed by atoms with Gasteiger partial charge in [0.15, 0.2) is 11.6 Å². The van der Waals surface area contributed by atoms with Crippen molar-refractivity contribution < 1.29 is 73.5 Å². The second-order valence-electron chi connectivity index (χ2n) is 15.1. The molecule has 7 rings (SSSR count). The molecule has 0 saturated carbocycles. The molecule has 0 amide bonds. The number of aliphatic hydroxyl groups is 2. The van der Waals surface area contributed by atoms with Gasteiger partial charge in [-0.05, 0) is 72.5 Å². The van der Waals surface area contributed by atoms with Gasteiger partial charge in [0.25, 0.3) is 0 Å². The molecule has 0 fully saturated rings. The van der Waals surface area contributed by atoms with E-state index in [1.54, 1.807) is 48.8 Å². The van der Waals surface area contributed by atoms with E-state index in [0.717, 1.165) is 69.8 Å². The average molecular weight is 1260 g/mol. The summed E-state index contributed by atoms with van der Waals surface area (Å²) in [5.74, 6) is 0.133. The van der Waals surface area contributed by atoms with Gasteiger partial charge in [0.2, 0.25) is 0 Å². The van der Waals surface area contributed by atoms with Crippen LogP contribution in [0, 0.1) is 29.7 Å². The molecule has 0 aliphatic rings. The third-order valence-corrected chi connectivity index (χ3v) is 10.1. The summed E-state index contributed by atoms with van der Waals surface area (Å²) in [4.78, 5) is 30.9. The van der Waals surface area contributed by atoms with Gasteiger partial charge in [-0.15, -0.1) is 59.7 Å². The molecule has 0 aliphatic heterocycles. The Labute approximate surface area is 419 Å². The first-order chi connectivity index (χ1) is 31.4. The molecular formula is C56H52F2Ir2N2O5-2. The number of allylic oxidation sites excluding steroid dienone is 2. The molecule has 0 aliphatic carbocycles. The fraction of sp³-hybridized carbons (Fsp3) is 0.179. The van der Waals surface area contributed by atoms with Gasteiger partial charge in [0, 0.05) is 93.1 Å². The van der Waals surface area contributed by atoms with Crippen molar-refractivity contribution in [2.24, 2.45) is 5.92 Å². The first kappa shape index (κ1) is 55.1. The average Bonchev–Trinajstić information content (AvgIpc) is 3.33. The summed E-state index contributed by atoms with van der Waals surface area (Å²) in [5.41, 5.74) is 8.17. The number of carbonyl (C=O) groups excluding carboxylic acids is 2. The molecule has 11 heteroatoms. The van der Waals surface area contributed by atoms with Crippen LogP contribution in [-0.4, -0.2) is 38.4 Å². The number of carbonyl (C=O) groups is 2. The van der Waals surface area contributed by atoms with Crippen molar-refractivity contribution in [3.8, 4) is 50.5 Å². The first-order valence-corrected chi connectivity index (χ1v) is 21.4. The zero-order valence-corrected chi connectivity index (χ0v) is 42.4. The minimum atomic E-state index is -0.278. The van der Waals surface area contributed by atoms with Gasteiger partial charge in [0.1, 0.15) is 17.3 Å². The van der Waals surface area contributed by atoms with Crippen LogP contribution in [0.4, 0.5) is 8.78 Å². The van der Waals surface area contributed by atoms with E-state index in [1.807, 2.05) is 78.9 Å². The number of halogens is 2. The van der Waals surface area contributed by atoms with Crippen molar-refractivity contribution in [2.75, 3.05) is 6.61 Å². The number of rotatable bonds is 15. The van der Waals surface area contributed by atoms with Gasteiger partial charge in [-0.1, -0.05) is 118 Å². The van der Waals surface area contributed by atoms with E-state index in [4.69, 9.17) is 4.74 Å². The van der Waals surface area contributed by atoms with Crippen LogP contribution in [0.15, 0.2) is 164 Å². The maximum absolute atomic E-state index is 12.6. The van der Waals surface area contributed by atoms with Gasteiger partial charge in [0.05, 0.1) is 6.61 Å². The third kappa shape index (κ3) is 17.8. The van der Waals surface area contributed by atoms with Crippen LogP contribution in [0.25, 0.3) is 56.3 Å². The van der Waals surface area contributed by atoms with Crippen LogP contribution in [0.1, 0.15) is 64.5 Å². The second-order valence-corrected chi connectivity index (χ2v) is 15.1. The third-order valence-electron chi connectivity index (χ3n) is 10.1. The molecular weight excluding hydrogens is 1200 g/mol. The minimum Gasteiger partial charge on any atom is -0.507 e. The molecule has 7 nitrogen and oxygen atoms in total. The number of aromatic nitrogens is 2. The number of ether oxygens (including phenoxy) is 1. The van der Waals surface area contributed by atoms with E-state index in [9.17, 15) is 28.6 Å². The van der Waals surface area contributed by atoms with Crippen LogP contribution in [-0.2, 0) is 49.8 Å². The molecule has 2 N–H and O–H groups in total. The Morgan fingerprint density at radius 1 is 0.642 bits per heavy atom. The molecule has 5 aromatic carbocycles. The SMILES string of the molecule is CCCCC(CC)COc1cc(-c2ccc(C(O)=CC(C)=O)cc2)ccc1-c1ccc(C(O)=CC(C)=O)cc1.Fc1c[c-]c(-c2ccccn2)cc1.Fc1c[c-]c(-c2ccccn2)cc1.[Ir].[Ir]. The Kier molecular flexibility index (Phi) is 23.6. The molecule has 1 unspecified atom stereocenters. The van der Waals surface area contributed by atoms with Crippen LogP contribution >= 0.6 is 0 Å². The number of hydrogen-bond donors (Lipinski definition) is 2. The summed E-state index contributed by atoms with van der Waals surface area (Å²) < 4.78 is 31.5. The van der Waals surface area contributed by atoms with Crippen LogP contribution in [0.2, 0.25) is 0 Å². The van der Waals surface area contributed by atoms with Crippen molar-refractivity contribution in [2.45, 2.75) is 53.4 Å². The van der Waals surface area contributed by atoms with E-state index in [0.29, 0.717) is 23.7 Å². The van der Waals surface area contributed by atoms with Crippen molar-refractivity contribution in [1.29, 1.82) is 0 Å². The smallest absolute Gasteiger partial charge is 0.156 e. The topological polar surface area (TPSA) is 110 Å². The fourth-order valence-corrected chi connectivity index (χ4v) is 6.55. The molecule has 350 valence electrons. The largest absolute Gasteiger partial charge is 0.507 e. The number of benzene rings is 5. The molecule has 2 aromatic heterocycles. The number of nitrogens with zero attached hydrogens (tertiary/aromatic N) is 2. The van der Waals surface area contributed by atoms with E-state index in [-0.39, 0.29) is 74.9 Å². The van der Waals surface area contributed by atoms with Gasteiger partial charge in [-0.25, -0.2) is 0 Å². The van der Waals surface area contributed by atoms with Crippen molar-refractivity contribution in [1.82, 2.24) is 9.97 Å². The maximum Gasteiger partial charge on any atom is 0.156 e. The van der Waals surface area contributed by atoms with Gasteiger partial charge < -0.3 is 24.9 Å². The number of pyridine rings is 2. The van der Waals surface area contributed by atoms with Crippen LogP contribution in [0.3, 0.4) is 0 Å². The molecule has 1 atom stereocenters. The standard InChI is InChI=1S/C34H38O5.2C11H7FN.2Ir/c1-5-7-8-25(6-2)22-39-34-21-30(26-9-13-28(14-10-26)32(37)19-23(3)35)17-18-31(34)27-11-15-29(16-12-27)33(38)20-24(4)36;2*12-10-6-4-9(5-7-10)11-3-1-2-8-13-11;;/h9-21,25,37-38H,5-8,22H2,1-4H3;2*1-4,6-8H;;/q;2*-1;;. The molecule has 0 spiro atoms. The van der Waals surface area contributed by atoms with Crippen molar-refractivity contribution in [3.05, 3.63) is 199 Å². The Balaban J connectivity index is 0.000000342. The van der Waals surface area contributed by atoms with E-state index >= 15 is 0 Å². The minimum absolute atomic E-state index is 0. The van der Waals surface area contributed by atoms with Crippen molar-refractivity contribution >= 4 is 23.1 Å². The summed E-state index contributed by atoms with van der Waals surface area (Å²) >= 11 is 0. The zero-order chi connectivity index (χ0) is 46.6. The molecule has 2 radical (unpaired) electrons. The first-order valence-electron chi connectivity index (χ1n) is 21.4. The predicted octanol–water partition coefficient (Wildman–Crippen LogP) is 14.0. The summed E-state index contributed by atoms with van der Waals surface area (Å²) in [5, 5.41) is 20.3. The monoisotopic (exact) mass is 1260 g/mol. The predicted molar refractivity (Wildman–Crippen MR) is 256 cm³/mol. The maximum atomic E-state index is 12.6. The number of hydrogen-bond acceptors (Lipinski definition) is 7. The Morgan fingerprint density at radius 2 is 1.12 bits per heavy atom. The number of aliphatic hydroxyl groups excluding tert-OH is 2. The molecule has 0 bridgehead atoms. The van der Waals surface area contributed by atoms with Gasteiger partial charge in [-0.2, -0.15) is 0 Å². The number of ketones is 2.